The highest BCUT2D eigenvalue weighted by Crippen LogP contribution is 2.33. The van der Waals surface area contributed by atoms with Gasteiger partial charge in [0.15, 0.2) is 0 Å². The highest BCUT2D eigenvalue weighted by molar-refractivity contribution is 7.85. The number of aliphatic hydroxyl groups is 1. The molecule has 1 fully saturated rings. The second-order valence-corrected chi connectivity index (χ2v) is 18.2. The Bertz CT molecular complexity index is 1410. The summed E-state index contributed by atoms with van der Waals surface area (Å²) in [5, 5.41) is 50.1. The monoisotopic (exact) mass is 954 g/mol. The molecule has 1 aliphatic rings. The summed E-state index contributed by atoms with van der Waals surface area (Å²) in [6.07, 6.45) is -0.417. The van der Waals surface area contributed by atoms with Gasteiger partial charge in [0.1, 0.15) is 24.1 Å². The fourth-order valence-corrected chi connectivity index (χ4v) is 4.82. The van der Waals surface area contributed by atoms with Gasteiger partial charge in [0.25, 0.3) is 20.2 Å². The number of carboxylic acids is 4. The van der Waals surface area contributed by atoms with Crippen molar-refractivity contribution >= 4 is 59.3 Å². The summed E-state index contributed by atoms with van der Waals surface area (Å²) in [4.78, 5) is 78.4. The Kier molecular flexibility index (Phi) is 47.9. The van der Waals surface area contributed by atoms with Crippen molar-refractivity contribution in [1.82, 2.24) is 40.9 Å². The van der Waals surface area contributed by atoms with Crippen LogP contribution in [0.4, 0.5) is 0 Å². The summed E-state index contributed by atoms with van der Waals surface area (Å²) in [7, 11) is 2.54. The third-order valence-corrected chi connectivity index (χ3v) is 7.76. The van der Waals surface area contributed by atoms with Crippen LogP contribution in [0, 0.1) is 5.92 Å². The van der Waals surface area contributed by atoms with Crippen LogP contribution in [0.15, 0.2) is 0 Å². The van der Waals surface area contributed by atoms with Crippen molar-refractivity contribution in [2.24, 2.45) is 5.92 Å². The van der Waals surface area contributed by atoms with Crippen molar-refractivity contribution in [3.8, 4) is 0 Å². The van der Waals surface area contributed by atoms with Crippen LogP contribution >= 0.6 is 15.2 Å². The van der Waals surface area contributed by atoms with Crippen molar-refractivity contribution in [3.63, 3.8) is 0 Å². The van der Waals surface area contributed by atoms with Gasteiger partial charge >= 0.3 is 39.1 Å². The van der Waals surface area contributed by atoms with Gasteiger partial charge in [-0.3, -0.25) is 52.1 Å². The number of carboxylic acid groups (broad SMARTS) is 4. The Morgan fingerprint density at radius 1 is 0.712 bits per heavy atom. The molecule has 0 radical (unpaired) electrons. The Morgan fingerprint density at radius 2 is 1.15 bits per heavy atom. The average molecular weight is 955 g/mol. The van der Waals surface area contributed by atoms with E-state index >= 15 is 0 Å². The van der Waals surface area contributed by atoms with E-state index in [2.05, 4.69) is 21.3 Å². The lowest BCUT2D eigenvalue weighted by molar-refractivity contribution is -0.147. The van der Waals surface area contributed by atoms with E-state index in [1.807, 2.05) is 11.9 Å². The van der Waals surface area contributed by atoms with E-state index in [9.17, 15) is 45.1 Å². The van der Waals surface area contributed by atoms with Gasteiger partial charge in [-0.25, -0.2) is 0 Å². The minimum atomic E-state index is -3.80. The van der Waals surface area contributed by atoms with Gasteiger partial charge in [0, 0.05) is 13.1 Å². The van der Waals surface area contributed by atoms with E-state index in [4.69, 9.17) is 54.2 Å². The number of aliphatic hydroxyl groups excluding tert-OH is 1. The number of likely N-dealkylation sites (tertiary alicyclic amines) is 1. The molecule has 0 bridgehead atoms. The first-order valence-corrected chi connectivity index (χ1v) is 22.8. The van der Waals surface area contributed by atoms with E-state index < -0.39 is 65.3 Å². The summed E-state index contributed by atoms with van der Waals surface area (Å²) >= 11 is 0. The molecule has 0 amide bonds. The summed E-state index contributed by atoms with van der Waals surface area (Å²) < 4.78 is 75.4. The molecule has 1 heterocycles. The van der Waals surface area contributed by atoms with E-state index in [0.29, 0.717) is 0 Å². The van der Waals surface area contributed by atoms with E-state index in [-0.39, 0.29) is 49.9 Å². The maximum absolute atomic E-state index is 10.1. The Labute approximate surface area is 345 Å². The minimum Gasteiger partial charge on any atom is -0.481 e. The third kappa shape index (κ3) is 88.1. The molecular formula is C26H68N8O21P2S2. The molecule has 59 heavy (non-hydrogen) atoms. The summed E-state index contributed by atoms with van der Waals surface area (Å²) in [5.41, 5.74) is 0. The van der Waals surface area contributed by atoms with Crippen molar-refractivity contribution in [3.05, 3.63) is 0 Å². The lowest BCUT2D eigenvalue weighted by Gasteiger charge is -2.32. The van der Waals surface area contributed by atoms with Gasteiger partial charge in [0.2, 0.25) is 0 Å². The smallest absolute Gasteiger partial charge is 0.339 e. The zero-order chi connectivity index (χ0) is 49.0. The number of likely N-dealkylation sites (N-methyl/N-ethyl adjacent to an activating group) is 3. The Balaban J connectivity index is -0.000000105. The maximum atomic E-state index is 10.1. The number of nitrogens with zero attached hydrogens (tertiary/aromatic N) is 4. The molecule has 0 spiro atoms. The van der Waals surface area contributed by atoms with Gasteiger partial charge < -0.3 is 71.3 Å². The zero-order valence-corrected chi connectivity index (χ0v) is 38.4. The molecule has 15 N–H and O–H groups in total. The summed E-state index contributed by atoms with van der Waals surface area (Å²) in [6, 6.07) is -0.824. The molecule has 0 aromatic carbocycles. The van der Waals surface area contributed by atoms with Crippen LogP contribution < -0.4 is 21.3 Å². The van der Waals surface area contributed by atoms with Crippen LogP contribution in [0.5, 0.6) is 0 Å². The predicted molar refractivity (Wildman–Crippen MR) is 216 cm³/mol. The molecule has 0 aromatic rings. The number of carbonyl (C=O) groups is 4. The molecule has 1 atom stereocenters. The van der Waals surface area contributed by atoms with Crippen LogP contribution in [0.3, 0.4) is 0 Å². The maximum Gasteiger partial charge on any atom is 0.339 e. The van der Waals surface area contributed by atoms with E-state index in [1.54, 1.807) is 54.2 Å². The zero-order valence-electron chi connectivity index (χ0n) is 35.0. The summed E-state index contributed by atoms with van der Waals surface area (Å²) in [6.45, 7) is 1.22. The van der Waals surface area contributed by atoms with Gasteiger partial charge in [-0.2, -0.15) is 16.8 Å². The molecule has 0 aliphatic carbocycles. The lowest BCUT2D eigenvalue weighted by atomic mass is 10.0. The SMILES string of the molecule is CN(C)CC(=O)O.CN(C)CP(=O)(O)O.CN(C)CS(=O)(=O)O.CN1CC(C(=O)O)C1.CNC(CO)C(=O)O.CNCC(=O)O.CNCP(=O)(O)O.CNCS(=O)(=O)O. The van der Waals surface area contributed by atoms with Crippen LogP contribution in [0.2, 0.25) is 0 Å². The Morgan fingerprint density at radius 3 is 1.17 bits per heavy atom. The molecule has 0 saturated carbocycles. The van der Waals surface area contributed by atoms with Crippen molar-refractivity contribution in [2.45, 2.75) is 6.04 Å². The van der Waals surface area contributed by atoms with Gasteiger partial charge in [-0.15, -0.1) is 0 Å². The summed E-state index contributed by atoms with van der Waals surface area (Å²) in [5.74, 6) is -4.10. The second kappa shape index (κ2) is 39.8. The molecule has 1 aliphatic heterocycles. The fourth-order valence-electron chi connectivity index (χ4n) is 2.65. The molecule has 0 aromatic heterocycles. The predicted octanol–water partition coefficient (Wildman–Crippen LogP) is -5.32. The molecule has 29 nitrogen and oxygen atoms in total. The number of rotatable bonds is 16. The third-order valence-electron chi connectivity index (χ3n) is 4.60. The van der Waals surface area contributed by atoms with Crippen molar-refractivity contribution in [2.75, 3.05) is 135 Å². The fraction of sp³-hybridized carbons (Fsp3) is 0.846. The first-order chi connectivity index (χ1) is 26.3. The number of nitrogens with one attached hydrogen (secondary N) is 4. The van der Waals surface area contributed by atoms with Crippen molar-refractivity contribution in [1.29, 1.82) is 0 Å². The lowest BCUT2D eigenvalue weighted by Crippen LogP contribution is -2.47. The van der Waals surface area contributed by atoms with E-state index in [1.165, 1.54) is 30.9 Å². The van der Waals surface area contributed by atoms with Gasteiger partial charge in [0.05, 0.1) is 31.9 Å². The second-order valence-electron chi connectivity index (χ2n) is 12.1. The Hall–Kier alpha value is -2.36. The molecule has 1 saturated heterocycles. The first-order valence-electron chi connectivity index (χ1n) is 16.0. The highest BCUT2D eigenvalue weighted by atomic mass is 32.2. The van der Waals surface area contributed by atoms with Crippen LogP contribution in [0.1, 0.15) is 0 Å². The first kappa shape index (κ1) is 71.2. The van der Waals surface area contributed by atoms with Crippen LogP contribution in [-0.2, 0) is 48.5 Å². The van der Waals surface area contributed by atoms with Crippen molar-refractivity contribution < 1.29 is 99.4 Å². The average Bonchev–Trinajstić information content (AvgIpc) is 2.93. The molecule has 1 rings (SSSR count). The van der Waals surface area contributed by atoms with Crippen LogP contribution in [-0.4, -0.2) is 255 Å². The van der Waals surface area contributed by atoms with E-state index in [0.717, 1.165) is 13.1 Å². The largest absolute Gasteiger partial charge is 0.481 e. The molecule has 1 unspecified atom stereocenters. The molecular weight excluding hydrogens is 886 g/mol. The quantitative estimate of drug-likeness (QED) is 0.0507. The number of hydrogen-bond donors (Lipinski definition) is 15. The normalized spacial score (nSPS) is 13.0. The number of aliphatic carboxylic acids is 4. The molecule has 360 valence electrons. The standard InChI is InChI=1S/C5H9NO2.C4H9NO3.C4H9NO2.C3H10NO3P.C3H9NO3S.C3H7NO2.C2H8NO3P.C2H7NO3S/c1-6-2-4(3-6)5(7)8;1-5-3(2-6)4(7)8;1-5(2)3-4(6)7;2*1-4(2)3-8(5,6)7;1-4-2-3(5)6;2*1-3-2-7(4,5)6/h4H,2-3H2,1H3,(H,7,8);3,5-6H,2H2,1H3,(H,7,8);3H2,1-2H3,(H,6,7);3H2,1-2H3,(H2,5,6,7);3H2,1-2H3,(H,5,6,7);4H,2H2,1H3,(H,5,6);3H,2H2,1H3,(H2,4,5,6);3H,2H2,1H3,(H,4,5,6). The van der Waals surface area contributed by atoms with Crippen LogP contribution in [0.25, 0.3) is 0 Å². The van der Waals surface area contributed by atoms with Gasteiger partial charge in [-0.05, 0) is 77.5 Å². The minimum absolute atomic E-state index is 0.0417. The molecule has 33 heteroatoms. The topological polar surface area (TPSA) is 454 Å². The highest BCUT2D eigenvalue weighted by Gasteiger charge is 2.29. The number of hydrogen-bond acceptors (Lipinski definition) is 19. The van der Waals surface area contributed by atoms with Gasteiger partial charge in [-0.1, -0.05) is 0 Å².